The van der Waals surface area contributed by atoms with E-state index in [0.717, 1.165) is 5.56 Å². The summed E-state index contributed by atoms with van der Waals surface area (Å²) in [6, 6.07) is 11.9. The van der Waals surface area contributed by atoms with Gasteiger partial charge in [0.15, 0.2) is 5.69 Å². The van der Waals surface area contributed by atoms with Gasteiger partial charge in [-0.1, -0.05) is 12.1 Å². The minimum absolute atomic E-state index is 0.00357. The van der Waals surface area contributed by atoms with E-state index >= 15 is 0 Å². The lowest BCUT2D eigenvalue weighted by molar-refractivity contribution is 0.0943. The summed E-state index contributed by atoms with van der Waals surface area (Å²) in [5.74, 6) is -0.595. The second-order valence-electron chi connectivity index (χ2n) is 3.86. The largest absolute Gasteiger partial charge is 0.505 e. The molecule has 2 aromatic rings. The van der Waals surface area contributed by atoms with Crippen LogP contribution in [0.4, 0.5) is 0 Å². The second-order valence-corrected chi connectivity index (χ2v) is 3.86. The molecule has 0 bridgehead atoms. The van der Waals surface area contributed by atoms with Crippen LogP contribution in [0.15, 0.2) is 42.6 Å². The van der Waals surface area contributed by atoms with Crippen LogP contribution in [-0.4, -0.2) is 16.0 Å². The van der Waals surface area contributed by atoms with Crippen molar-refractivity contribution in [3.05, 3.63) is 59.4 Å². The average molecular weight is 253 g/mol. The maximum Gasteiger partial charge on any atom is 0.273 e. The Kier molecular flexibility index (Phi) is 3.74. The molecule has 0 spiro atoms. The Morgan fingerprint density at radius 1 is 1.32 bits per heavy atom. The maximum absolute atomic E-state index is 11.8. The molecule has 1 aromatic carbocycles. The van der Waals surface area contributed by atoms with E-state index in [1.165, 1.54) is 12.3 Å². The third-order valence-corrected chi connectivity index (χ3v) is 2.54. The normalized spacial score (nSPS) is 9.63. The van der Waals surface area contributed by atoms with Gasteiger partial charge in [0, 0.05) is 12.7 Å². The summed E-state index contributed by atoms with van der Waals surface area (Å²) in [6.07, 6.45) is 1.44. The van der Waals surface area contributed by atoms with Crippen molar-refractivity contribution in [1.29, 1.82) is 5.26 Å². The number of nitriles is 1. The number of nitrogens with zero attached hydrogens (tertiary/aromatic N) is 2. The lowest BCUT2D eigenvalue weighted by atomic mass is 10.1. The van der Waals surface area contributed by atoms with Crippen LogP contribution in [0.25, 0.3) is 0 Å². The van der Waals surface area contributed by atoms with Crippen molar-refractivity contribution in [3.8, 4) is 11.8 Å². The first-order valence-corrected chi connectivity index (χ1v) is 5.62. The fourth-order valence-electron chi connectivity index (χ4n) is 1.53. The first-order chi connectivity index (χ1) is 9.20. The van der Waals surface area contributed by atoms with Gasteiger partial charge >= 0.3 is 0 Å². The number of aromatic hydroxyl groups is 1. The number of carbonyl (C=O) groups is 1. The van der Waals surface area contributed by atoms with Crippen molar-refractivity contribution in [2.75, 3.05) is 0 Å². The zero-order chi connectivity index (χ0) is 13.7. The lowest BCUT2D eigenvalue weighted by Crippen LogP contribution is -2.23. The highest BCUT2D eigenvalue weighted by Gasteiger charge is 2.11. The molecule has 2 rings (SSSR count). The van der Waals surface area contributed by atoms with Crippen LogP contribution in [-0.2, 0) is 6.54 Å². The number of nitrogens with one attached hydrogen (secondary N) is 1. The van der Waals surface area contributed by atoms with Gasteiger partial charge in [0.1, 0.15) is 5.75 Å². The van der Waals surface area contributed by atoms with Gasteiger partial charge in [0.2, 0.25) is 0 Å². The first kappa shape index (κ1) is 12.6. The molecule has 0 atom stereocenters. The van der Waals surface area contributed by atoms with Crippen LogP contribution in [0.3, 0.4) is 0 Å². The summed E-state index contributed by atoms with van der Waals surface area (Å²) in [7, 11) is 0. The molecular formula is C14H11N3O2. The number of rotatable bonds is 3. The van der Waals surface area contributed by atoms with Crippen LogP contribution < -0.4 is 5.32 Å². The molecule has 1 aromatic heterocycles. The fourth-order valence-corrected chi connectivity index (χ4v) is 1.53. The Bertz CT molecular complexity index is 630. The summed E-state index contributed by atoms with van der Waals surface area (Å²) in [4.78, 5) is 15.6. The zero-order valence-electron chi connectivity index (χ0n) is 10.00. The third-order valence-electron chi connectivity index (χ3n) is 2.54. The predicted octanol–water partition coefficient (Wildman–Crippen LogP) is 1.59. The van der Waals surface area contributed by atoms with E-state index in [2.05, 4.69) is 10.3 Å². The van der Waals surface area contributed by atoms with Gasteiger partial charge in [-0.25, -0.2) is 4.98 Å². The number of benzene rings is 1. The molecule has 1 amide bonds. The molecule has 0 saturated carbocycles. The lowest BCUT2D eigenvalue weighted by Gasteiger charge is -2.06. The molecule has 2 N–H and O–H groups in total. The standard InChI is InChI=1S/C14H11N3O2/c15-8-10-3-5-11(6-4-10)9-17-14(19)13-12(18)2-1-7-16-13/h1-7,18H,9H2,(H,17,19). The summed E-state index contributed by atoms with van der Waals surface area (Å²) in [5.41, 5.74) is 1.43. The fraction of sp³-hybridized carbons (Fsp3) is 0.0714. The van der Waals surface area contributed by atoms with E-state index < -0.39 is 5.91 Å². The molecule has 0 radical (unpaired) electrons. The zero-order valence-corrected chi connectivity index (χ0v) is 10.00. The van der Waals surface area contributed by atoms with Gasteiger partial charge in [-0.15, -0.1) is 0 Å². The van der Waals surface area contributed by atoms with Crippen molar-refractivity contribution in [2.24, 2.45) is 0 Å². The molecule has 0 aliphatic rings. The quantitative estimate of drug-likeness (QED) is 0.869. The minimum Gasteiger partial charge on any atom is -0.505 e. The van der Waals surface area contributed by atoms with Crippen molar-refractivity contribution < 1.29 is 9.90 Å². The Morgan fingerprint density at radius 3 is 2.68 bits per heavy atom. The highest BCUT2D eigenvalue weighted by atomic mass is 16.3. The highest BCUT2D eigenvalue weighted by Crippen LogP contribution is 2.12. The van der Waals surface area contributed by atoms with E-state index in [9.17, 15) is 9.90 Å². The summed E-state index contributed by atoms with van der Waals surface area (Å²) < 4.78 is 0. The monoisotopic (exact) mass is 253 g/mol. The van der Waals surface area contributed by atoms with E-state index in [1.807, 2.05) is 6.07 Å². The SMILES string of the molecule is N#Cc1ccc(CNC(=O)c2ncccc2O)cc1. The van der Waals surface area contributed by atoms with Gasteiger partial charge < -0.3 is 10.4 Å². The number of pyridine rings is 1. The molecular weight excluding hydrogens is 242 g/mol. The van der Waals surface area contributed by atoms with Crippen molar-refractivity contribution in [1.82, 2.24) is 10.3 Å². The molecule has 0 fully saturated rings. The van der Waals surface area contributed by atoms with E-state index in [0.29, 0.717) is 12.1 Å². The van der Waals surface area contributed by atoms with Crippen LogP contribution >= 0.6 is 0 Å². The van der Waals surface area contributed by atoms with Gasteiger partial charge in [-0.3, -0.25) is 4.79 Å². The summed E-state index contributed by atoms with van der Waals surface area (Å²) >= 11 is 0. The smallest absolute Gasteiger partial charge is 0.273 e. The molecule has 5 nitrogen and oxygen atoms in total. The second kappa shape index (κ2) is 5.65. The van der Waals surface area contributed by atoms with E-state index in [4.69, 9.17) is 5.26 Å². The molecule has 0 aliphatic carbocycles. The van der Waals surface area contributed by atoms with Gasteiger partial charge in [0.25, 0.3) is 5.91 Å². The highest BCUT2D eigenvalue weighted by molar-refractivity contribution is 5.94. The summed E-state index contributed by atoms with van der Waals surface area (Å²) in [6.45, 7) is 0.306. The maximum atomic E-state index is 11.8. The summed E-state index contributed by atoms with van der Waals surface area (Å²) in [5, 5.41) is 20.8. The number of hydrogen-bond donors (Lipinski definition) is 2. The van der Waals surface area contributed by atoms with E-state index in [-0.39, 0.29) is 11.4 Å². The van der Waals surface area contributed by atoms with Gasteiger partial charge in [0.05, 0.1) is 11.6 Å². The number of carbonyl (C=O) groups excluding carboxylic acids is 1. The topological polar surface area (TPSA) is 86.0 Å². The van der Waals surface area contributed by atoms with Crippen LogP contribution in [0.1, 0.15) is 21.6 Å². The molecule has 0 aliphatic heterocycles. The average Bonchev–Trinajstić information content (AvgIpc) is 2.46. The number of aromatic nitrogens is 1. The van der Waals surface area contributed by atoms with Crippen LogP contribution in [0, 0.1) is 11.3 Å². The van der Waals surface area contributed by atoms with Crippen molar-refractivity contribution >= 4 is 5.91 Å². The van der Waals surface area contributed by atoms with Gasteiger partial charge in [-0.05, 0) is 29.8 Å². The molecule has 0 saturated heterocycles. The van der Waals surface area contributed by atoms with Crippen LogP contribution in [0.2, 0.25) is 0 Å². The Labute approximate surface area is 110 Å². The number of hydrogen-bond acceptors (Lipinski definition) is 4. The first-order valence-electron chi connectivity index (χ1n) is 5.62. The van der Waals surface area contributed by atoms with Gasteiger partial charge in [-0.2, -0.15) is 5.26 Å². The predicted molar refractivity (Wildman–Crippen MR) is 68.2 cm³/mol. The molecule has 0 unspecified atom stereocenters. The molecule has 5 heteroatoms. The van der Waals surface area contributed by atoms with E-state index in [1.54, 1.807) is 30.3 Å². The Balaban J connectivity index is 2.01. The Morgan fingerprint density at radius 2 is 2.05 bits per heavy atom. The minimum atomic E-state index is -0.442. The third kappa shape index (κ3) is 3.07. The molecule has 1 heterocycles. The molecule has 19 heavy (non-hydrogen) atoms. The van der Waals surface area contributed by atoms with Crippen molar-refractivity contribution in [2.45, 2.75) is 6.54 Å². The number of amides is 1. The van der Waals surface area contributed by atoms with Crippen molar-refractivity contribution in [3.63, 3.8) is 0 Å². The molecule has 94 valence electrons. The van der Waals surface area contributed by atoms with Crippen LogP contribution in [0.5, 0.6) is 5.75 Å². The Hall–Kier alpha value is -2.87.